The van der Waals surface area contributed by atoms with Crippen molar-refractivity contribution >= 4 is 17.1 Å². The standard InChI is InChI=1S/C51H45N/c1-49(2)31-32-50(3,4)47-33-36(29-30-45(47)49)42-34-43-41-27-17-18-28-44(41)51(37-19-9-5-10-20-37,38-21-11-6-12-22-38)46(43)35-48(42)52(39-23-13-7-14-24-39)40-25-15-8-16-26-40/h5-30,33-35H,31-32H2,1-4H3. The molecule has 2 aliphatic carbocycles. The molecule has 9 rings (SSSR count). The minimum absolute atomic E-state index is 0.0959. The summed E-state index contributed by atoms with van der Waals surface area (Å²) in [4.78, 5) is 2.47. The third kappa shape index (κ3) is 4.98. The molecular weight excluding hydrogens is 627 g/mol. The van der Waals surface area contributed by atoms with E-state index >= 15 is 0 Å². The molecule has 0 saturated carbocycles. The van der Waals surface area contributed by atoms with E-state index in [4.69, 9.17) is 0 Å². The third-order valence-corrected chi connectivity index (χ3v) is 12.0. The molecule has 0 fully saturated rings. The summed E-state index contributed by atoms with van der Waals surface area (Å²) < 4.78 is 0. The maximum atomic E-state index is 2.53. The van der Waals surface area contributed by atoms with Crippen molar-refractivity contribution in [2.24, 2.45) is 0 Å². The van der Waals surface area contributed by atoms with Crippen molar-refractivity contribution in [2.75, 3.05) is 4.90 Å². The largest absolute Gasteiger partial charge is 0.310 e. The first kappa shape index (κ1) is 32.3. The van der Waals surface area contributed by atoms with Crippen molar-refractivity contribution in [3.63, 3.8) is 0 Å². The van der Waals surface area contributed by atoms with Gasteiger partial charge in [0.25, 0.3) is 0 Å². The molecule has 0 atom stereocenters. The van der Waals surface area contributed by atoms with Gasteiger partial charge in [-0.25, -0.2) is 0 Å². The number of nitrogens with zero attached hydrogens (tertiary/aromatic N) is 1. The van der Waals surface area contributed by atoms with Gasteiger partial charge in [-0.2, -0.15) is 0 Å². The second-order valence-electron chi connectivity index (χ2n) is 16.0. The van der Waals surface area contributed by atoms with Crippen molar-refractivity contribution in [2.45, 2.75) is 56.8 Å². The lowest BCUT2D eigenvalue weighted by molar-refractivity contribution is 0.332. The summed E-state index contributed by atoms with van der Waals surface area (Å²) in [6, 6.07) is 65.5. The van der Waals surface area contributed by atoms with Crippen molar-refractivity contribution in [1.29, 1.82) is 0 Å². The zero-order valence-electron chi connectivity index (χ0n) is 30.6. The molecule has 0 aliphatic heterocycles. The van der Waals surface area contributed by atoms with Gasteiger partial charge < -0.3 is 4.90 Å². The second kappa shape index (κ2) is 12.2. The van der Waals surface area contributed by atoms with Gasteiger partial charge in [-0.3, -0.25) is 0 Å². The van der Waals surface area contributed by atoms with Crippen molar-refractivity contribution in [3.8, 4) is 22.3 Å². The molecule has 0 unspecified atom stereocenters. The smallest absolute Gasteiger partial charge is 0.0714 e. The quantitative estimate of drug-likeness (QED) is 0.170. The fraction of sp³-hybridized carbons (Fsp3) is 0.176. The van der Waals surface area contributed by atoms with Crippen LogP contribution < -0.4 is 4.90 Å². The highest BCUT2D eigenvalue weighted by Gasteiger charge is 2.47. The van der Waals surface area contributed by atoms with Crippen LogP contribution in [0.1, 0.15) is 73.9 Å². The summed E-state index contributed by atoms with van der Waals surface area (Å²) in [5.41, 5.74) is 16.4. The SMILES string of the molecule is CC1(C)CCC(C)(C)c2cc(-c3cc4c(cc3N(c3ccccc3)c3ccccc3)C(c3ccccc3)(c3ccccc3)c3ccccc3-4)ccc21. The van der Waals surface area contributed by atoms with Gasteiger partial charge in [0.15, 0.2) is 0 Å². The number of benzene rings is 7. The molecule has 7 aromatic carbocycles. The fourth-order valence-electron chi connectivity index (χ4n) is 9.23. The lowest BCUT2D eigenvalue weighted by Crippen LogP contribution is -2.33. The molecule has 0 heterocycles. The molecule has 0 N–H and O–H groups in total. The van der Waals surface area contributed by atoms with Crippen LogP contribution in [-0.4, -0.2) is 0 Å². The Bertz CT molecular complexity index is 2310. The molecule has 254 valence electrons. The number of hydrogen-bond acceptors (Lipinski definition) is 1. The summed E-state index contributed by atoms with van der Waals surface area (Å²) in [5.74, 6) is 0. The molecule has 0 amide bonds. The lowest BCUT2D eigenvalue weighted by atomic mass is 9.63. The molecule has 52 heavy (non-hydrogen) atoms. The molecule has 1 heteroatoms. The highest BCUT2D eigenvalue weighted by atomic mass is 15.1. The van der Waals surface area contributed by atoms with Gasteiger partial charge >= 0.3 is 0 Å². The molecule has 2 aliphatic rings. The first-order valence-corrected chi connectivity index (χ1v) is 18.7. The Morgan fingerprint density at radius 2 is 0.885 bits per heavy atom. The average Bonchev–Trinajstić information content (AvgIpc) is 3.48. The van der Waals surface area contributed by atoms with Crippen molar-refractivity contribution in [3.05, 3.63) is 209 Å². The van der Waals surface area contributed by atoms with E-state index in [2.05, 4.69) is 209 Å². The monoisotopic (exact) mass is 671 g/mol. The number of hydrogen-bond donors (Lipinski definition) is 0. The van der Waals surface area contributed by atoms with Gasteiger partial charge in [-0.15, -0.1) is 0 Å². The van der Waals surface area contributed by atoms with Crippen LogP contribution in [0.2, 0.25) is 0 Å². The summed E-state index contributed by atoms with van der Waals surface area (Å²) in [6.07, 6.45) is 2.38. The van der Waals surface area contributed by atoms with Crippen LogP contribution in [0.5, 0.6) is 0 Å². The Labute approximate surface area is 309 Å². The Kier molecular flexibility index (Phi) is 7.59. The summed E-state index contributed by atoms with van der Waals surface area (Å²) in [6.45, 7) is 9.69. The minimum atomic E-state index is -0.497. The zero-order chi connectivity index (χ0) is 35.5. The van der Waals surface area contributed by atoms with E-state index in [-0.39, 0.29) is 10.8 Å². The molecule has 0 saturated heterocycles. The van der Waals surface area contributed by atoms with Gasteiger partial charge in [-0.05, 0) is 110 Å². The molecule has 0 spiro atoms. The van der Waals surface area contributed by atoms with Crippen LogP contribution in [-0.2, 0) is 16.2 Å². The van der Waals surface area contributed by atoms with Crippen molar-refractivity contribution in [1.82, 2.24) is 0 Å². The maximum absolute atomic E-state index is 2.53. The van der Waals surface area contributed by atoms with E-state index in [1.165, 1.54) is 74.2 Å². The fourth-order valence-corrected chi connectivity index (χ4v) is 9.23. The van der Waals surface area contributed by atoms with Gasteiger partial charge in [0.05, 0.1) is 11.1 Å². The van der Waals surface area contributed by atoms with Crippen molar-refractivity contribution < 1.29 is 0 Å². The van der Waals surface area contributed by atoms with Gasteiger partial charge in [0, 0.05) is 16.9 Å². The summed E-state index contributed by atoms with van der Waals surface area (Å²) >= 11 is 0. The van der Waals surface area contributed by atoms with Crippen LogP contribution in [0.15, 0.2) is 176 Å². The van der Waals surface area contributed by atoms with E-state index in [0.29, 0.717) is 0 Å². The normalized spacial score (nSPS) is 16.0. The van der Waals surface area contributed by atoms with E-state index < -0.39 is 5.41 Å². The summed E-state index contributed by atoms with van der Waals surface area (Å²) in [5, 5.41) is 0. The number of rotatable bonds is 6. The topological polar surface area (TPSA) is 3.24 Å². The second-order valence-corrected chi connectivity index (χ2v) is 16.0. The van der Waals surface area contributed by atoms with Crippen LogP contribution >= 0.6 is 0 Å². The van der Waals surface area contributed by atoms with E-state index in [1.54, 1.807) is 0 Å². The van der Waals surface area contributed by atoms with Crippen LogP contribution in [0.25, 0.3) is 22.3 Å². The van der Waals surface area contributed by atoms with Crippen LogP contribution in [0, 0.1) is 0 Å². The van der Waals surface area contributed by atoms with Gasteiger partial charge in [-0.1, -0.05) is 167 Å². The number of anilines is 3. The predicted molar refractivity (Wildman–Crippen MR) is 219 cm³/mol. The Morgan fingerprint density at radius 3 is 1.46 bits per heavy atom. The molecule has 0 aromatic heterocycles. The Balaban J connectivity index is 1.42. The van der Waals surface area contributed by atoms with E-state index in [9.17, 15) is 0 Å². The van der Waals surface area contributed by atoms with Gasteiger partial charge in [0.2, 0.25) is 0 Å². The summed E-state index contributed by atoms with van der Waals surface area (Å²) in [7, 11) is 0. The zero-order valence-corrected chi connectivity index (χ0v) is 30.6. The lowest BCUT2D eigenvalue weighted by Gasteiger charge is -2.42. The number of fused-ring (bicyclic) bond motifs is 4. The Morgan fingerprint density at radius 1 is 0.385 bits per heavy atom. The molecule has 0 bridgehead atoms. The first-order chi connectivity index (χ1) is 25.3. The van der Waals surface area contributed by atoms with Crippen LogP contribution in [0.4, 0.5) is 17.1 Å². The van der Waals surface area contributed by atoms with E-state index in [0.717, 1.165) is 11.4 Å². The Hall–Kier alpha value is -5.66. The van der Waals surface area contributed by atoms with E-state index in [1.807, 2.05) is 0 Å². The van der Waals surface area contributed by atoms with Crippen LogP contribution in [0.3, 0.4) is 0 Å². The predicted octanol–water partition coefficient (Wildman–Crippen LogP) is 13.5. The highest BCUT2D eigenvalue weighted by Crippen LogP contribution is 2.59. The first-order valence-electron chi connectivity index (χ1n) is 18.7. The minimum Gasteiger partial charge on any atom is -0.310 e. The maximum Gasteiger partial charge on any atom is 0.0714 e. The molecule has 7 aromatic rings. The molecule has 1 nitrogen and oxygen atoms in total. The number of para-hydroxylation sites is 2. The molecular formula is C51H45N. The average molecular weight is 672 g/mol. The highest BCUT2D eigenvalue weighted by molar-refractivity contribution is 5.96. The van der Waals surface area contributed by atoms with Gasteiger partial charge in [0.1, 0.15) is 0 Å². The molecule has 0 radical (unpaired) electrons. The third-order valence-electron chi connectivity index (χ3n) is 12.0.